The third-order valence-electron chi connectivity index (χ3n) is 1.91. The number of rotatable bonds is 3. The Morgan fingerprint density at radius 3 is 2.93 bits per heavy atom. The van der Waals surface area contributed by atoms with Crippen molar-refractivity contribution in [3.8, 4) is 0 Å². The van der Waals surface area contributed by atoms with E-state index in [1.807, 2.05) is 0 Å². The van der Waals surface area contributed by atoms with E-state index in [-0.39, 0.29) is 18.4 Å². The molecule has 0 aromatic carbocycles. The van der Waals surface area contributed by atoms with Crippen molar-refractivity contribution < 1.29 is 14.3 Å². The van der Waals surface area contributed by atoms with Gasteiger partial charge in [-0.15, -0.1) is 0 Å². The molecule has 5 heteroatoms. The predicted molar refractivity (Wildman–Crippen MR) is 50.1 cm³/mol. The van der Waals surface area contributed by atoms with Crippen LogP contribution in [0.4, 0.5) is 0 Å². The zero-order valence-corrected chi connectivity index (χ0v) is 8.32. The number of hydrogen-bond donors (Lipinski definition) is 1. The minimum atomic E-state index is -0.453. The molecule has 1 atom stereocenters. The quantitative estimate of drug-likeness (QED) is 0.627. The Kier molecular flexibility index (Phi) is 3.24. The summed E-state index contributed by atoms with van der Waals surface area (Å²) < 4.78 is 4.52. The number of carbonyl (C=O) groups is 2. The zero-order chi connectivity index (χ0) is 10.7. The fourth-order valence-electron chi connectivity index (χ4n) is 1.29. The second-order valence-electron chi connectivity index (χ2n) is 3.35. The Morgan fingerprint density at radius 1 is 1.79 bits per heavy atom. The molecule has 1 heterocycles. The lowest BCUT2D eigenvalue weighted by Gasteiger charge is -2.15. The Hall–Kier alpha value is -1.36. The predicted octanol–water partition coefficient (Wildman–Crippen LogP) is -0.377. The summed E-state index contributed by atoms with van der Waals surface area (Å²) in [6, 6.07) is -0.104. The average molecular weight is 198 g/mol. The van der Waals surface area contributed by atoms with Gasteiger partial charge in [-0.3, -0.25) is 4.79 Å². The number of amides is 1. The van der Waals surface area contributed by atoms with Crippen LogP contribution in [0.5, 0.6) is 0 Å². The highest BCUT2D eigenvalue weighted by molar-refractivity contribution is 5.98. The van der Waals surface area contributed by atoms with Gasteiger partial charge >= 0.3 is 5.97 Å². The van der Waals surface area contributed by atoms with Gasteiger partial charge < -0.3 is 15.4 Å². The van der Waals surface area contributed by atoms with Crippen LogP contribution in [0.25, 0.3) is 0 Å². The highest BCUT2D eigenvalue weighted by Gasteiger charge is 2.26. The van der Waals surface area contributed by atoms with Crippen LogP contribution in [0.1, 0.15) is 13.3 Å². The molecule has 0 bridgehead atoms. The van der Waals surface area contributed by atoms with Gasteiger partial charge in [0.1, 0.15) is 0 Å². The van der Waals surface area contributed by atoms with E-state index in [0.717, 1.165) is 0 Å². The monoisotopic (exact) mass is 198 g/mol. The normalized spacial score (nSPS) is 18.1. The van der Waals surface area contributed by atoms with Crippen LogP contribution >= 0.6 is 0 Å². The van der Waals surface area contributed by atoms with Gasteiger partial charge in [0.25, 0.3) is 0 Å². The molecule has 14 heavy (non-hydrogen) atoms. The van der Waals surface area contributed by atoms with Gasteiger partial charge in [-0.2, -0.15) is 0 Å². The van der Waals surface area contributed by atoms with Crippen molar-refractivity contribution in [1.29, 1.82) is 0 Å². The van der Waals surface area contributed by atoms with E-state index in [2.05, 4.69) is 4.74 Å². The lowest BCUT2D eigenvalue weighted by Crippen LogP contribution is -2.33. The molecule has 1 rings (SSSR count). The summed E-state index contributed by atoms with van der Waals surface area (Å²) in [6.45, 7) is 2.23. The van der Waals surface area contributed by atoms with Gasteiger partial charge in [-0.25, -0.2) is 4.79 Å². The molecule has 0 radical (unpaired) electrons. The molecule has 2 N–H and O–H groups in total. The van der Waals surface area contributed by atoms with E-state index < -0.39 is 5.97 Å². The first kappa shape index (κ1) is 10.7. The standard InChI is InChI=1S/C9H14N2O3/c1-6(10)4-11-5-7(3-8(11)12)9(13)14-2/h5-6H,3-4,10H2,1-2H3. The molecule has 78 valence electrons. The van der Waals surface area contributed by atoms with Crippen molar-refractivity contribution in [1.82, 2.24) is 4.90 Å². The highest BCUT2D eigenvalue weighted by Crippen LogP contribution is 2.16. The molecule has 0 aromatic heterocycles. The van der Waals surface area contributed by atoms with Crippen molar-refractivity contribution in [2.45, 2.75) is 19.4 Å². The third kappa shape index (κ3) is 2.32. The Labute approximate surface area is 82.5 Å². The van der Waals surface area contributed by atoms with Gasteiger partial charge in [0.05, 0.1) is 19.1 Å². The van der Waals surface area contributed by atoms with Crippen LogP contribution in [0.3, 0.4) is 0 Å². The summed E-state index contributed by atoms with van der Waals surface area (Å²) in [5, 5.41) is 0. The summed E-state index contributed by atoms with van der Waals surface area (Å²) in [4.78, 5) is 23.9. The SMILES string of the molecule is COC(=O)C1=CN(CC(C)N)C(=O)C1. The fourth-order valence-corrected chi connectivity index (χ4v) is 1.29. The largest absolute Gasteiger partial charge is 0.466 e. The fraction of sp³-hybridized carbons (Fsp3) is 0.556. The van der Waals surface area contributed by atoms with E-state index in [1.54, 1.807) is 6.92 Å². The Balaban J connectivity index is 2.66. The van der Waals surface area contributed by atoms with Crippen LogP contribution in [0.15, 0.2) is 11.8 Å². The molecule has 0 aliphatic carbocycles. The topological polar surface area (TPSA) is 72.6 Å². The van der Waals surface area contributed by atoms with Crippen LogP contribution in [-0.4, -0.2) is 36.5 Å². The van der Waals surface area contributed by atoms with Crippen LogP contribution in [0, 0.1) is 0 Å². The molecule has 1 amide bonds. The zero-order valence-electron chi connectivity index (χ0n) is 8.32. The van der Waals surface area contributed by atoms with E-state index >= 15 is 0 Å². The van der Waals surface area contributed by atoms with Crippen molar-refractivity contribution in [3.05, 3.63) is 11.8 Å². The van der Waals surface area contributed by atoms with Gasteiger partial charge in [0.15, 0.2) is 0 Å². The molecular formula is C9H14N2O3. The summed E-state index contributed by atoms with van der Waals surface area (Å²) in [6.07, 6.45) is 1.62. The molecule has 1 aliphatic heterocycles. The van der Waals surface area contributed by atoms with Crippen LogP contribution in [0.2, 0.25) is 0 Å². The first-order chi connectivity index (χ1) is 6.54. The first-order valence-corrected chi connectivity index (χ1v) is 4.38. The smallest absolute Gasteiger partial charge is 0.335 e. The van der Waals surface area contributed by atoms with Crippen molar-refractivity contribution in [3.63, 3.8) is 0 Å². The number of hydrogen-bond acceptors (Lipinski definition) is 4. The molecule has 1 aliphatic rings. The van der Waals surface area contributed by atoms with E-state index in [4.69, 9.17) is 5.73 Å². The summed E-state index contributed by atoms with van der Waals surface area (Å²) in [5.41, 5.74) is 5.94. The number of carbonyl (C=O) groups excluding carboxylic acids is 2. The lowest BCUT2D eigenvalue weighted by molar-refractivity contribution is -0.137. The molecule has 0 saturated carbocycles. The maximum atomic E-state index is 11.4. The summed E-state index contributed by atoms with van der Waals surface area (Å²) >= 11 is 0. The number of methoxy groups -OCH3 is 1. The number of nitrogens with zero attached hydrogens (tertiary/aromatic N) is 1. The maximum absolute atomic E-state index is 11.4. The molecular weight excluding hydrogens is 184 g/mol. The number of ether oxygens (including phenoxy) is 1. The highest BCUT2D eigenvalue weighted by atomic mass is 16.5. The van der Waals surface area contributed by atoms with Crippen molar-refractivity contribution in [2.75, 3.05) is 13.7 Å². The molecule has 0 aromatic rings. The first-order valence-electron chi connectivity index (χ1n) is 4.38. The Morgan fingerprint density at radius 2 is 2.43 bits per heavy atom. The van der Waals surface area contributed by atoms with Crippen molar-refractivity contribution in [2.24, 2.45) is 5.73 Å². The molecule has 1 unspecified atom stereocenters. The van der Waals surface area contributed by atoms with Gasteiger partial charge in [0.2, 0.25) is 5.91 Å². The Bertz CT molecular complexity index is 284. The van der Waals surface area contributed by atoms with Gasteiger partial charge in [0, 0.05) is 18.8 Å². The summed E-state index contributed by atoms with van der Waals surface area (Å²) in [5.74, 6) is -0.562. The number of esters is 1. The van der Waals surface area contributed by atoms with Gasteiger partial charge in [-0.05, 0) is 6.92 Å². The minimum absolute atomic E-state index is 0.104. The lowest BCUT2D eigenvalue weighted by atomic mass is 10.2. The molecule has 0 fully saturated rings. The average Bonchev–Trinajstić information content (AvgIpc) is 2.46. The van der Waals surface area contributed by atoms with Crippen molar-refractivity contribution >= 4 is 11.9 Å². The maximum Gasteiger partial charge on any atom is 0.335 e. The van der Waals surface area contributed by atoms with Crippen LogP contribution < -0.4 is 5.73 Å². The third-order valence-corrected chi connectivity index (χ3v) is 1.91. The number of nitrogens with two attached hydrogens (primary N) is 1. The minimum Gasteiger partial charge on any atom is -0.466 e. The molecule has 5 nitrogen and oxygen atoms in total. The molecule has 0 spiro atoms. The van der Waals surface area contributed by atoms with Crippen LogP contribution in [-0.2, 0) is 14.3 Å². The van der Waals surface area contributed by atoms with E-state index in [1.165, 1.54) is 18.2 Å². The van der Waals surface area contributed by atoms with E-state index in [9.17, 15) is 9.59 Å². The van der Waals surface area contributed by atoms with Gasteiger partial charge in [-0.1, -0.05) is 0 Å². The second kappa shape index (κ2) is 4.23. The summed E-state index contributed by atoms with van der Waals surface area (Å²) in [7, 11) is 1.29. The molecule has 0 saturated heterocycles. The second-order valence-corrected chi connectivity index (χ2v) is 3.35. The van der Waals surface area contributed by atoms with E-state index in [0.29, 0.717) is 12.1 Å².